The number of nitrogen functional groups attached to an aromatic ring is 1. The van der Waals surface area contributed by atoms with Crippen LogP contribution < -0.4 is 11.1 Å². The minimum Gasteiger partial charge on any atom is -0.385 e. The van der Waals surface area contributed by atoms with Crippen LogP contribution in [0.25, 0.3) is 5.69 Å². The van der Waals surface area contributed by atoms with Crippen molar-refractivity contribution in [3.63, 3.8) is 0 Å². The maximum atomic E-state index is 13.1. The van der Waals surface area contributed by atoms with Crippen LogP contribution in [-0.4, -0.2) is 28.0 Å². The van der Waals surface area contributed by atoms with Crippen LogP contribution >= 0.6 is 11.6 Å². The molecule has 3 N–H and O–H groups in total. The van der Waals surface area contributed by atoms with Gasteiger partial charge in [0.1, 0.15) is 11.6 Å². The number of hydrogen-bond donors (Lipinski definition) is 2. The van der Waals surface area contributed by atoms with Gasteiger partial charge in [0.2, 0.25) is 0 Å². The summed E-state index contributed by atoms with van der Waals surface area (Å²) >= 11 is 5.67. The van der Waals surface area contributed by atoms with Crippen LogP contribution in [0.3, 0.4) is 0 Å². The first-order valence-electron chi connectivity index (χ1n) is 8.14. The molecule has 2 aromatic carbocycles. The highest BCUT2D eigenvalue weighted by atomic mass is 35.5. The Kier molecular flexibility index (Phi) is 5.53. The van der Waals surface area contributed by atoms with E-state index in [-0.39, 0.29) is 17.4 Å². The lowest BCUT2D eigenvalue weighted by Crippen LogP contribution is -2.08. The molecule has 0 aliphatic rings. The Morgan fingerprint density at radius 2 is 2.00 bits per heavy atom. The van der Waals surface area contributed by atoms with Crippen LogP contribution in [0.15, 0.2) is 54.7 Å². The highest BCUT2D eigenvalue weighted by Gasteiger charge is 2.18. The van der Waals surface area contributed by atoms with Crippen molar-refractivity contribution in [2.24, 2.45) is 0 Å². The number of ketones is 1. The van der Waals surface area contributed by atoms with Crippen molar-refractivity contribution in [1.82, 2.24) is 9.78 Å². The molecule has 0 spiro atoms. The molecule has 0 aliphatic carbocycles. The number of anilines is 2. The van der Waals surface area contributed by atoms with Gasteiger partial charge in [-0.15, -0.1) is 11.6 Å². The average Bonchev–Trinajstić information content (AvgIpc) is 3.04. The smallest absolute Gasteiger partial charge is 0.198 e. The maximum Gasteiger partial charge on any atom is 0.198 e. The zero-order valence-corrected chi connectivity index (χ0v) is 14.7. The zero-order chi connectivity index (χ0) is 18.5. The number of rotatable bonds is 7. The second kappa shape index (κ2) is 8.01. The molecule has 26 heavy (non-hydrogen) atoms. The van der Waals surface area contributed by atoms with Gasteiger partial charge in [-0.05, 0) is 42.8 Å². The number of benzene rings is 2. The summed E-state index contributed by atoms with van der Waals surface area (Å²) in [5, 5.41) is 7.38. The fourth-order valence-corrected chi connectivity index (χ4v) is 2.68. The average molecular weight is 373 g/mol. The predicted octanol–water partition coefficient (Wildman–Crippen LogP) is 3.87. The molecule has 7 heteroatoms. The number of nitrogens with one attached hydrogen (secondary N) is 1. The fourth-order valence-electron chi connectivity index (χ4n) is 2.55. The van der Waals surface area contributed by atoms with E-state index in [0.29, 0.717) is 22.7 Å². The van der Waals surface area contributed by atoms with Crippen LogP contribution in [0.2, 0.25) is 0 Å². The van der Waals surface area contributed by atoms with Gasteiger partial charge in [-0.3, -0.25) is 4.79 Å². The first kappa shape index (κ1) is 17.9. The summed E-state index contributed by atoms with van der Waals surface area (Å²) in [4.78, 5) is 12.8. The van der Waals surface area contributed by atoms with Crippen LogP contribution in [0.5, 0.6) is 0 Å². The van der Waals surface area contributed by atoms with Crippen LogP contribution in [0.4, 0.5) is 15.9 Å². The van der Waals surface area contributed by atoms with Gasteiger partial charge in [0, 0.05) is 23.7 Å². The van der Waals surface area contributed by atoms with E-state index in [1.807, 2.05) is 6.07 Å². The molecule has 0 bridgehead atoms. The van der Waals surface area contributed by atoms with Gasteiger partial charge in [0.05, 0.1) is 17.4 Å². The van der Waals surface area contributed by atoms with Crippen molar-refractivity contribution in [2.45, 2.75) is 6.42 Å². The molecular weight excluding hydrogens is 355 g/mol. The Bertz CT molecular complexity index is 908. The predicted molar refractivity (Wildman–Crippen MR) is 102 cm³/mol. The molecular formula is C19H18ClFN4O. The zero-order valence-electron chi connectivity index (χ0n) is 14.0. The van der Waals surface area contributed by atoms with E-state index in [9.17, 15) is 9.18 Å². The molecule has 0 saturated carbocycles. The fraction of sp³-hybridized carbons (Fsp3) is 0.158. The van der Waals surface area contributed by atoms with E-state index in [2.05, 4.69) is 10.4 Å². The van der Waals surface area contributed by atoms with Crippen molar-refractivity contribution in [3.8, 4) is 5.69 Å². The van der Waals surface area contributed by atoms with Crippen LogP contribution in [0, 0.1) is 5.82 Å². The van der Waals surface area contributed by atoms with E-state index < -0.39 is 0 Å². The largest absolute Gasteiger partial charge is 0.385 e. The Morgan fingerprint density at radius 3 is 2.73 bits per heavy atom. The molecule has 0 amide bonds. The third-order valence-corrected chi connectivity index (χ3v) is 4.15. The molecule has 0 radical (unpaired) electrons. The number of carbonyl (C=O) groups excluding carboxylic acids is 1. The van der Waals surface area contributed by atoms with Gasteiger partial charge in [0.25, 0.3) is 0 Å². The summed E-state index contributed by atoms with van der Waals surface area (Å²) in [5.74, 6) is 0.207. The minimum absolute atomic E-state index is 0.210. The summed E-state index contributed by atoms with van der Waals surface area (Å²) in [6, 6.07) is 12.9. The molecule has 0 aliphatic heterocycles. The SMILES string of the molecule is Nc1c(C(=O)c2cccc(NCCCCl)c2)cnn1-c1ccc(F)cc1. The molecule has 0 atom stereocenters. The number of aromatic nitrogens is 2. The minimum atomic E-state index is -0.353. The standard InChI is InChI=1S/C19H18ClFN4O/c20-9-2-10-23-15-4-1-3-13(11-15)18(26)17-12-24-25(19(17)22)16-7-5-14(21)6-8-16/h1,3-8,11-12,23H,2,9-10,22H2. The lowest BCUT2D eigenvalue weighted by Gasteiger charge is -2.08. The normalized spacial score (nSPS) is 10.7. The van der Waals surface area contributed by atoms with Crippen LogP contribution in [-0.2, 0) is 0 Å². The van der Waals surface area contributed by atoms with Crippen molar-refractivity contribution < 1.29 is 9.18 Å². The number of halogens is 2. The van der Waals surface area contributed by atoms with Crippen molar-refractivity contribution in [2.75, 3.05) is 23.5 Å². The molecule has 0 fully saturated rings. The van der Waals surface area contributed by atoms with Gasteiger partial charge in [0.15, 0.2) is 5.78 Å². The van der Waals surface area contributed by atoms with E-state index in [4.69, 9.17) is 17.3 Å². The molecule has 1 aromatic heterocycles. The highest BCUT2D eigenvalue weighted by molar-refractivity contribution is 6.17. The number of carbonyl (C=O) groups is 1. The molecule has 1 heterocycles. The summed E-state index contributed by atoms with van der Waals surface area (Å²) in [5.41, 5.74) is 8.33. The summed E-state index contributed by atoms with van der Waals surface area (Å²) in [6.45, 7) is 0.728. The van der Waals surface area contributed by atoms with Gasteiger partial charge < -0.3 is 11.1 Å². The number of nitrogens with zero attached hydrogens (tertiary/aromatic N) is 2. The van der Waals surface area contributed by atoms with Crippen molar-refractivity contribution in [3.05, 3.63) is 71.7 Å². The van der Waals surface area contributed by atoms with E-state index in [0.717, 1.165) is 18.7 Å². The Balaban J connectivity index is 1.84. The molecule has 0 unspecified atom stereocenters. The summed E-state index contributed by atoms with van der Waals surface area (Å²) in [6.07, 6.45) is 2.26. The highest BCUT2D eigenvalue weighted by Crippen LogP contribution is 2.22. The molecule has 0 saturated heterocycles. The Labute approximate surface area is 155 Å². The maximum absolute atomic E-state index is 13.1. The number of hydrogen-bond acceptors (Lipinski definition) is 4. The monoisotopic (exact) mass is 372 g/mol. The summed E-state index contributed by atoms with van der Waals surface area (Å²) < 4.78 is 14.5. The van der Waals surface area contributed by atoms with E-state index >= 15 is 0 Å². The first-order valence-corrected chi connectivity index (χ1v) is 8.67. The summed E-state index contributed by atoms with van der Waals surface area (Å²) in [7, 11) is 0. The first-order chi connectivity index (χ1) is 12.6. The molecule has 3 rings (SSSR count). The number of nitrogens with two attached hydrogens (primary N) is 1. The molecule has 5 nitrogen and oxygen atoms in total. The quantitative estimate of drug-likeness (QED) is 0.375. The lowest BCUT2D eigenvalue weighted by atomic mass is 10.0. The van der Waals surface area contributed by atoms with Crippen LogP contribution in [0.1, 0.15) is 22.3 Å². The van der Waals surface area contributed by atoms with Crippen molar-refractivity contribution in [1.29, 1.82) is 0 Å². The Morgan fingerprint density at radius 1 is 1.23 bits per heavy atom. The van der Waals surface area contributed by atoms with Crippen molar-refractivity contribution >= 4 is 28.9 Å². The Hall–Kier alpha value is -2.86. The van der Waals surface area contributed by atoms with Gasteiger partial charge in [-0.2, -0.15) is 5.10 Å². The van der Waals surface area contributed by atoms with Gasteiger partial charge in [-0.1, -0.05) is 12.1 Å². The third kappa shape index (κ3) is 3.86. The van der Waals surface area contributed by atoms with E-state index in [1.54, 1.807) is 30.3 Å². The van der Waals surface area contributed by atoms with Gasteiger partial charge >= 0.3 is 0 Å². The topological polar surface area (TPSA) is 72.9 Å². The second-order valence-electron chi connectivity index (χ2n) is 5.71. The van der Waals surface area contributed by atoms with E-state index in [1.165, 1.54) is 23.0 Å². The van der Waals surface area contributed by atoms with Gasteiger partial charge in [-0.25, -0.2) is 9.07 Å². The third-order valence-electron chi connectivity index (χ3n) is 3.89. The molecule has 134 valence electrons. The second-order valence-corrected chi connectivity index (χ2v) is 6.09. The number of alkyl halides is 1. The lowest BCUT2D eigenvalue weighted by molar-refractivity contribution is 0.103. The molecule has 3 aromatic rings.